The normalized spacial score (nSPS) is 11.1. The Labute approximate surface area is 170 Å². The highest BCUT2D eigenvalue weighted by Gasteiger charge is 2.15. The average Bonchev–Trinajstić information content (AvgIpc) is 3.28. The van der Waals surface area contributed by atoms with Gasteiger partial charge in [-0.15, -0.1) is 11.3 Å². The number of aryl methyl sites for hydroxylation is 3. The van der Waals surface area contributed by atoms with E-state index in [1.807, 2.05) is 13.8 Å². The highest BCUT2D eigenvalue weighted by atomic mass is 32.1. The van der Waals surface area contributed by atoms with Crippen LogP contribution in [0.4, 0.5) is 0 Å². The van der Waals surface area contributed by atoms with Crippen LogP contribution in [0.15, 0.2) is 39.6 Å². The van der Waals surface area contributed by atoms with E-state index in [0.717, 1.165) is 27.3 Å². The second kappa shape index (κ2) is 7.63. The number of carbonyl (C=O) groups is 1. The first-order valence-corrected chi connectivity index (χ1v) is 10.00. The third-order valence-corrected chi connectivity index (χ3v) is 5.68. The molecule has 0 saturated heterocycles. The maximum absolute atomic E-state index is 12.6. The zero-order valence-electron chi connectivity index (χ0n) is 16.2. The Kier molecular flexibility index (Phi) is 5.02. The number of carbonyl (C=O) groups excluding carboxylic acids is 1. The van der Waals surface area contributed by atoms with Crippen LogP contribution in [0.3, 0.4) is 0 Å². The minimum absolute atomic E-state index is 0.0426. The third-order valence-electron chi connectivity index (χ3n) is 4.64. The second-order valence-electron chi connectivity index (χ2n) is 6.67. The van der Waals surface area contributed by atoms with Gasteiger partial charge in [-0.1, -0.05) is 24.2 Å². The quantitative estimate of drug-likeness (QED) is 0.497. The number of esters is 1. The molecule has 0 radical (unpaired) electrons. The zero-order chi connectivity index (χ0) is 20.5. The SMILES string of the molecule is CCc1c(C)sc2nc(-c3ccc(C(=O)OCc4cc(C)on4)cc3)[nH]c(=O)c12. The number of H-pyrrole nitrogens is 1. The van der Waals surface area contributed by atoms with Gasteiger partial charge in [-0.05, 0) is 38.0 Å². The lowest BCUT2D eigenvalue weighted by Crippen LogP contribution is -2.10. The molecule has 0 spiro atoms. The molecule has 29 heavy (non-hydrogen) atoms. The summed E-state index contributed by atoms with van der Waals surface area (Å²) >= 11 is 1.52. The zero-order valence-corrected chi connectivity index (χ0v) is 17.1. The molecule has 0 aliphatic carbocycles. The van der Waals surface area contributed by atoms with Gasteiger partial charge in [0, 0.05) is 16.5 Å². The Balaban J connectivity index is 1.56. The smallest absolute Gasteiger partial charge is 0.338 e. The molecule has 4 rings (SSSR count). The lowest BCUT2D eigenvalue weighted by molar-refractivity contribution is 0.0464. The summed E-state index contributed by atoms with van der Waals surface area (Å²) in [5, 5.41) is 4.46. The molecule has 1 aromatic carbocycles. The minimum Gasteiger partial charge on any atom is -0.455 e. The molecule has 0 unspecified atom stereocenters. The Morgan fingerprint density at radius 1 is 1.24 bits per heavy atom. The molecule has 0 amide bonds. The number of ether oxygens (including phenoxy) is 1. The van der Waals surface area contributed by atoms with Crippen molar-refractivity contribution in [2.24, 2.45) is 0 Å². The summed E-state index contributed by atoms with van der Waals surface area (Å²) in [5.41, 5.74) is 2.58. The van der Waals surface area contributed by atoms with Gasteiger partial charge in [0.15, 0.2) is 0 Å². The summed E-state index contributed by atoms with van der Waals surface area (Å²) in [6.45, 7) is 5.85. The van der Waals surface area contributed by atoms with Crippen molar-refractivity contribution in [3.63, 3.8) is 0 Å². The van der Waals surface area contributed by atoms with Crippen LogP contribution in [0.25, 0.3) is 21.6 Å². The van der Waals surface area contributed by atoms with Gasteiger partial charge in [0.05, 0.1) is 10.9 Å². The summed E-state index contributed by atoms with van der Waals surface area (Å²) in [7, 11) is 0. The van der Waals surface area contributed by atoms with Crippen LogP contribution in [0.5, 0.6) is 0 Å². The summed E-state index contributed by atoms with van der Waals surface area (Å²) in [5.74, 6) is 0.672. The van der Waals surface area contributed by atoms with Crippen molar-refractivity contribution in [2.45, 2.75) is 33.8 Å². The number of benzene rings is 1. The molecular weight excluding hydrogens is 390 g/mol. The van der Waals surface area contributed by atoms with Crippen LogP contribution >= 0.6 is 11.3 Å². The van der Waals surface area contributed by atoms with E-state index >= 15 is 0 Å². The monoisotopic (exact) mass is 409 g/mol. The molecule has 3 aromatic heterocycles. The van der Waals surface area contributed by atoms with Crippen molar-refractivity contribution in [3.05, 3.63) is 68.1 Å². The largest absolute Gasteiger partial charge is 0.455 e. The van der Waals surface area contributed by atoms with Gasteiger partial charge < -0.3 is 14.2 Å². The van der Waals surface area contributed by atoms with Gasteiger partial charge >= 0.3 is 5.97 Å². The molecule has 7 nitrogen and oxygen atoms in total. The van der Waals surface area contributed by atoms with Crippen molar-refractivity contribution < 1.29 is 14.1 Å². The maximum Gasteiger partial charge on any atom is 0.338 e. The van der Waals surface area contributed by atoms with Crippen molar-refractivity contribution in [1.29, 1.82) is 0 Å². The summed E-state index contributed by atoms with van der Waals surface area (Å²) < 4.78 is 10.2. The first-order valence-electron chi connectivity index (χ1n) is 9.18. The van der Waals surface area contributed by atoms with Crippen LogP contribution in [0.1, 0.15) is 39.2 Å². The number of fused-ring (bicyclic) bond motifs is 1. The third kappa shape index (κ3) is 3.71. The molecule has 0 aliphatic rings. The average molecular weight is 409 g/mol. The molecule has 0 aliphatic heterocycles. The topological polar surface area (TPSA) is 98.1 Å². The summed E-state index contributed by atoms with van der Waals surface area (Å²) in [6, 6.07) is 8.48. The number of thiophene rings is 1. The van der Waals surface area contributed by atoms with E-state index in [4.69, 9.17) is 9.26 Å². The van der Waals surface area contributed by atoms with E-state index in [2.05, 4.69) is 15.1 Å². The molecule has 3 heterocycles. The molecule has 148 valence electrons. The van der Waals surface area contributed by atoms with Crippen molar-refractivity contribution in [3.8, 4) is 11.4 Å². The number of nitrogens with zero attached hydrogens (tertiary/aromatic N) is 2. The van der Waals surface area contributed by atoms with Crippen LogP contribution in [0, 0.1) is 13.8 Å². The molecule has 0 fully saturated rings. The number of aromatic nitrogens is 3. The highest BCUT2D eigenvalue weighted by molar-refractivity contribution is 7.18. The predicted octanol–water partition coefficient (Wildman–Crippen LogP) is 4.18. The number of hydrogen-bond donors (Lipinski definition) is 1. The number of aromatic amines is 1. The predicted molar refractivity (Wildman–Crippen MR) is 110 cm³/mol. The number of nitrogens with one attached hydrogen (secondary N) is 1. The Morgan fingerprint density at radius 2 is 2.00 bits per heavy atom. The van der Waals surface area contributed by atoms with Crippen LogP contribution < -0.4 is 5.56 Å². The van der Waals surface area contributed by atoms with E-state index in [9.17, 15) is 9.59 Å². The molecule has 0 atom stereocenters. The molecule has 1 N–H and O–H groups in total. The summed E-state index contributed by atoms with van der Waals surface area (Å²) in [6.07, 6.45) is 0.792. The van der Waals surface area contributed by atoms with Crippen molar-refractivity contribution >= 4 is 27.5 Å². The molecule has 0 saturated carbocycles. The minimum atomic E-state index is -0.462. The second-order valence-corrected chi connectivity index (χ2v) is 7.87. The first-order chi connectivity index (χ1) is 14.0. The fraction of sp³-hybridized carbons (Fsp3) is 0.238. The standard InChI is InChI=1S/C21H19N3O4S/c1-4-16-12(3)29-20-17(16)19(25)22-18(23-20)13-5-7-14(8-6-13)21(26)27-10-15-9-11(2)28-24-15/h5-9H,4,10H2,1-3H3,(H,22,23,25). The van der Waals surface area contributed by atoms with E-state index in [1.54, 1.807) is 37.3 Å². The summed E-state index contributed by atoms with van der Waals surface area (Å²) in [4.78, 5) is 34.1. The van der Waals surface area contributed by atoms with Crippen LogP contribution in [0.2, 0.25) is 0 Å². The lowest BCUT2D eigenvalue weighted by Gasteiger charge is -2.05. The molecule has 8 heteroatoms. The Morgan fingerprint density at radius 3 is 2.66 bits per heavy atom. The van der Waals surface area contributed by atoms with E-state index < -0.39 is 5.97 Å². The Bertz CT molecular complexity index is 1250. The van der Waals surface area contributed by atoms with Gasteiger partial charge in [0.2, 0.25) is 0 Å². The fourth-order valence-corrected chi connectivity index (χ4v) is 4.33. The van der Waals surface area contributed by atoms with Crippen molar-refractivity contribution in [1.82, 2.24) is 15.1 Å². The van der Waals surface area contributed by atoms with E-state index in [-0.39, 0.29) is 12.2 Å². The van der Waals surface area contributed by atoms with Gasteiger partial charge in [-0.25, -0.2) is 9.78 Å². The number of rotatable bonds is 5. The van der Waals surface area contributed by atoms with Gasteiger partial charge in [-0.3, -0.25) is 4.79 Å². The molecule has 4 aromatic rings. The number of hydrogen-bond acceptors (Lipinski definition) is 7. The molecule has 0 bridgehead atoms. The van der Waals surface area contributed by atoms with Crippen LogP contribution in [-0.4, -0.2) is 21.1 Å². The van der Waals surface area contributed by atoms with E-state index in [0.29, 0.717) is 28.2 Å². The van der Waals surface area contributed by atoms with Crippen LogP contribution in [-0.2, 0) is 17.8 Å². The van der Waals surface area contributed by atoms with Gasteiger partial charge in [-0.2, -0.15) is 0 Å². The first kappa shape index (κ1) is 19.1. The van der Waals surface area contributed by atoms with E-state index in [1.165, 1.54) is 11.3 Å². The van der Waals surface area contributed by atoms with Gasteiger partial charge in [0.25, 0.3) is 5.56 Å². The van der Waals surface area contributed by atoms with Crippen molar-refractivity contribution in [2.75, 3.05) is 0 Å². The molecular formula is C21H19N3O4S. The maximum atomic E-state index is 12.6. The Hall–Kier alpha value is -3.26. The fourth-order valence-electron chi connectivity index (χ4n) is 3.21. The lowest BCUT2D eigenvalue weighted by atomic mass is 10.1. The highest BCUT2D eigenvalue weighted by Crippen LogP contribution is 2.28. The van der Waals surface area contributed by atoms with Gasteiger partial charge in [0.1, 0.15) is 28.7 Å².